The zero-order valence-electron chi connectivity index (χ0n) is 24.8. The fourth-order valence-electron chi connectivity index (χ4n) is 4.18. The first-order valence-corrected chi connectivity index (χ1v) is 13.7. The van der Waals surface area contributed by atoms with Gasteiger partial charge in [0, 0.05) is 38.2 Å². The molecule has 6 heteroatoms. The number of carbonyl (C=O) groups excluding carboxylic acids is 2. The lowest BCUT2D eigenvalue weighted by Crippen LogP contribution is -2.50. The smallest absolute Gasteiger partial charge is 0.418 e. The standard InChI is InChI=1S/C27H31N3O3.C6H14/c1-6-21(4)28-22(5)24(7-2)17-20(3)18-30-25(31)27(33-26(30)32)13-15-29(16-14-27)19-23-11-9-8-10-12-23;1-5-6(2,3)4/h1,7-12,17H,2,13-16,18-19H2,3-5H3;5H2,1-4H3/b20-17+,24-22+,28-21?;. The van der Waals surface area contributed by atoms with E-state index < -0.39 is 11.7 Å². The van der Waals surface area contributed by atoms with Gasteiger partial charge in [-0.3, -0.25) is 9.69 Å². The van der Waals surface area contributed by atoms with Crippen LogP contribution in [0.3, 0.4) is 0 Å². The van der Waals surface area contributed by atoms with E-state index in [-0.39, 0.29) is 12.5 Å². The first-order valence-electron chi connectivity index (χ1n) is 13.7. The van der Waals surface area contributed by atoms with Crippen molar-refractivity contribution in [2.45, 2.75) is 79.9 Å². The Morgan fingerprint density at radius 3 is 2.26 bits per heavy atom. The molecular weight excluding hydrogens is 486 g/mol. The summed E-state index contributed by atoms with van der Waals surface area (Å²) in [5.74, 6) is 2.24. The van der Waals surface area contributed by atoms with Gasteiger partial charge in [0.15, 0.2) is 5.60 Å². The minimum Gasteiger partial charge on any atom is -0.432 e. The van der Waals surface area contributed by atoms with Crippen LogP contribution in [0.5, 0.6) is 0 Å². The van der Waals surface area contributed by atoms with E-state index in [0.717, 1.165) is 23.4 Å². The molecule has 2 fully saturated rings. The SMILES string of the molecule is C#CC(C)=N/C(C)=C(C=C)/C=C(\C)CN1C(=O)OC2(CCN(Cc3ccccc3)CC2)C1=O.CCC(C)(C)C. The van der Waals surface area contributed by atoms with Crippen LogP contribution in [0.4, 0.5) is 4.79 Å². The van der Waals surface area contributed by atoms with Crippen LogP contribution in [-0.4, -0.2) is 52.7 Å². The van der Waals surface area contributed by atoms with E-state index >= 15 is 0 Å². The molecule has 0 N–H and O–H groups in total. The number of amides is 2. The number of likely N-dealkylation sites (tertiary alicyclic amines) is 1. The Morgan fingerprint density at radius 1 is 1.15 bits per heavy atom. The number of hydrogen-bond acceptors (Lipinski definition) is 5. The highest BCUT2D eigenvalue weighted by molar-refractivity contribution is 6.03. The Balaban J connectivity index is 0.000000798. The molecule has 2 saturated heterocycles. The first kappa shape index (κ1) is 31.8. The molecular formula is C33H45N3O3. The van der Waals surface area contributed by atoms with Gasteiger partial charge in [-0.05, 0) is 37.3 Å². The summed E-state index contributed by atoms with van der Waals surface area (Å²) in [4.78, 5) is 33.7. The molecule has 2 aliphatic rings. The zero-order valence-corrected chi connectivity index (χ0v) is 24.8. The molecule has 2 heterocycles. The van der Waals surface area contributed by atoms with Crippen LogP contribution in [0, 0.1) is 17.8 Å². The number of rotatable bonds is 7. The molecule has 0 bridgehead atoms. The number of terminal acetylenes is 1. The average Bonchev–Trinajstić information content (AvgIpc) is 3.12. The Labute approximate surface area is 235 Å². The minimum absolute atomic E-state index is 0.162. The van der Waals surface area contributed by atoms with Crippen LogP contribution in [0.1, 0.15) is 73.3 Å². The third kappa shape index (κ3) is 9.37. The van der Waals surface area contributed by atoms with Gasteiger partial charge in [-0.2, -0.15) is 0 Å². The van der Waals surface area contributed by atoms with Gasteiger partial charge in [-0.1, -0.05) is 94.7 Å². The van der Waals surface area contributed by atoms with Crippen molar-refractivity contribution in [3.05, 3.63) is 71.5 Å². The lowest BCUT2D eigenvalue weighted by molar-refractivity contribution is -0.140. The fourth-order valence-corrected chi connectivity index (χ4v) is 4.18. The van der Waals surface area contributed by atoms with Crippen LogP contribution >= 0.6 is 0 Å². The number of imide groups is 1. The van der Waals surface area contributed by atoms with Gasteiger partial charge in [0.25, 0.3) is 5.91 Å². The van der Waals surface area contributed by atoms with Crippen molar-refractivity contribution in [2.24, 2.45) is 10.4 Å². The van der Waals surface area contributed by atoms with E-state index in [4.69, 9.17) is 11.2 Å². The molecule has 1 aromatic rings. The van der Waals surface area contributed by atoms with Crippen molar-refractivity contribution in [3.63, 3.8) is 0 Å². The van der Waals surface area contributed by atoms with Crippen molar-refractivity contribution < 1.29 is 14.3 Å². The lowest BCUT2D eigenvalue weighted by Gasteiger charge is -2.36. The summed E-state index contributed by atoms with van der Waals surface area (Å²) >= 11 is 0. The summed E-state index contributed by atoms with van der Waals surface area (Å²) in [5.41, 5.74) is 3.61. The van der Waals surface area contributed by atoms with E-state index in [1.165, 1.54) is 16.9 Å². The van der Waals surface area contributed by atoms with Crippen molar-refractivity contribution in [1.82, 2.24) is 9.80 Å². The molecule has 39 heavy (non-hydrogen) atoms. The van der Waals surface area contributed by atoms with Crippen molar-refractivity contribution in [1.29, 1.82) is 0 Å². The van der Waals surface area contributed by atoms with E-state index in [1.807, 2.05) is 38.1 Å². The number of aliphatic imine (C=N–C) groups is 1. The largest absolute Gasteiger partial charge is 0.432 e. The van der Waals surface area contributed by atoms with Gasteiger partial charge in [0.05, 0.1) is 12.3 Å². The predicted octanol–water partition coefficient (Wildman–Crippen LogP) is 6.94. The Hall–Kier alpha value is -3.43. The number of hydrogen-bond donors (Lipinski definition) is 0. The van der Waals surface area contributed by atoms with Gasteiger partial charge >= 0.3 is 6.09 Å². The van der Waals surface area contributed by atoms with E-state index in [1.54, 1.807) is 13.0 Å². The number of piperidine rings is 1. The van der Waals surface area contributed by atoms with Gasteiger partial charge in [0.1, 0.15) is 0 Å². The molecule has 0 aromatic heterocycles. The molecule has 3 rings (SSSR count). The highest BCUT2D eigenvalue weighted by Crippen LogP contribution is 2.35. The fraction of sp³-hybridized carbons (Fsp3) is 0.485. The summed E-state index contributed by atoms with van der Waals surface area (Å²) in [6, 6.07) is 10.2. The van der Waals surface area contributed by atoms with Gasteiger partial charge < -0.3 is 4.74 Å². The lowest BCUT2D eigenvalue weighted by atomic mass is 9.90. The number of allylic oxidation sites excluding steroid dienone is 4. The molecule has 1 aromatic carbocycles. The Kier molecular flexibility index (Phi) is 11.5. The number of nitrogens with zero attached hydrogens (tertiary/aromatic N) is 3. The predicted molar refractivity (Wildman–Crippen MR) is 160 cm³/mol. The summed E-state index contributed by atoms with van der Waals surface area (Å²) in [6.45, 7) is 20.6. The van der Waals surface area contributed by atoms with Crippen LogP contribution < -0.4 is 0 Å². The molecule has 0 saturated carbocycles. The third-order valence-electron chi connectivity index (χ3n) is 7.10. The average molecular weight is 532 g/mol. The van der Waals surface area contributed by atoms with E-state index in [2.05, 4.69) is 62.2 Å². The normalized spacial score (nSPS) is 18.7. The van der Waals surface area contributed by atoms with Crippen molar-refractivity contribution >= 4 is 17.7 Å². The molecule has 6 nitrogen and oxygen atoms in total. The molecule has 1 spiro atoms. The molecule has 0 aliphatic carbocycles. The third-order valence-corrected chi connectivity index (χ3v) is 7.10. The first-order chi connectivity index (χ1) is 18.3. The number of ether oxygens (including phenoxy) is 1. The van der Waals surface area contributed by atoms with Crippen molar-refractivity contribution in [2.75, 3.05) is 19.6 Å². The summed E-state index contributed by atoms with van der Waals surface area (Å²) in [5, 5.41) is 0. The summed E-state index contributed by atoms with van der Waals surface area (Å²) in [7, 11) is 0. The molecule has 2 aliphatic heterocycles. The molecule has 2 amide bonds. The Bertz CT molecular complexity index is 1150. The second kappa shape index (κ2) is 14.1. The highest BCUT2D eigenvalue weighted by Gasteiger charge is 2.54. The summed E-state index contributed by atoms with van der Waals surface area (Å²) < 4.78 is 5.67. The Morgan fingerprint density at radius 2 is 1.74 bits per heavy atom. The minimum atomic E-state index is -1.05. The van der Waals surface area contributed by atoms with Gasteiger partial charge in [0.2, 0.25) is 0 Å². The van der Waals surface area contributed by atoms with Crippen LogP contribution in [-0.2, 0) is 16.1 Å². The van der Waals surface area contributed by atoms with E-state index in [0.29, 0.717) is 37.1 Å². The van der Waals surface area contributed by atoms with Crippen LogP contribution in [0.25, 0.3) is 0 Å². The second-order valence-electron chi connectivity index (χ2n) is 11.5. The van der Waals surface area contributed by atoms with Crippen LogP contribution in [0.15, 0.2) is 70.9 Å². The molecule has 0 radical (unpaired) electrons. The second-order valence-corrected chi connectivity index (χ2v) is 11.5. The van der Waals surface area contributed by atoms with Gasteiger partial charge in [-0.15, -0.1) is 6.42 Å². The maximum atomic E-state index is 13.2. The van der Waals surface area contributed by atoms with Gasteiger partial charge in [-0.25, -0.2) is 14.7 Å². The van der Waals surface area contributed by atoms with Crippen LogP contribution in [0.2, 0.25) is 0 Å². The highest BCUT2D eigenvalue weighted by atomic mass is 16.6. The molecule has 0 unspecified atom stereocenters. The quantitative estimate of drug-likeness (QED) is 0.217. The zero-order chi connectivity index (χ0) is 29.2. The monoisotopic (exact) mass is 531 g/mol. The maximum Gasteiger partial charge on any atom is 0.418 e. The summed E-state index contributed by atoms with van der Waals surface area (Å²) in [6.07, 6.45) is 10.6. The van der Waals surface area contributed by atoms with Crippen molar-refractivity contribution in [3.8, 4) is 12.3 Å². The molecule has 0 atom stereocenters. The maximum absolute atomic E-state index is 13.2. The molecule has 210 valence electrons. The topological polar surface area (TPSA) is 62.2 Å². The number of benzene rings is 1. The number of carbonyl (C=O) groups is 2. The van der Waals surface area contributed by atoms with E-state index in [9.17, 15) is 9.59 Å².